The number of hydrogen-bond donors (Lipinski definition) is 0. The minimum Gasteiger partial charge on any atom is -0.466 e. The molecule has 0 saturated heterocycles. The zero-order valence-electron chi connectivity index (χ0n) is 13.2. The van der Waals surface area contributed by atoms with Crippen molar-refractivity contribution in [3.05, 3.63) is 28.8 Å². The molecular formula is C17H23ClO4. The molecular weight excluding hydrogens is 304 g/mol. The van der Waals surface area contributed by atoms with Gasteiger partial charge in [-0.05, 0) is 49.9 Å². The number of benzene rings is 1. The number of ether oxygens (including phenoxy) is 2. The molecule has 0 aliphatic rings. The van der Waals surface area contributed by atoms with Gasteiger partial charge in [0.25, 0.3) is 0 Å². The molecule has 0 amide bonds. The molecule has 0 aromatic heterocycles. The Morgan fingerprint density at radius 2 is 1.77 bits per heavy atom. The molecule has 0 fully saturated rings. The van der Waals surface area contributed by atoms with Gasteiger partial charge in [-0.25, -0.2) is 0 Å². The van der Waals surface area contributed by atoms with Crippen molar-refractivity contribution in [3.8, 4) is 5.75 Å². The van der Waals surface area contributed by atoms with E-state index in [9.17, 15) is 9.59 Å². The van der Waals surface area contributed by atoms with Gasteiger partial charge in [-0.2, -0.15) is 0 Å². The van der Waals surface area contributed by atoms with E-state index >= 15 is 0 Å². The number of carbonyl (C=O) groups is 2. The minimum absolute atomic E-state index is 0.166. The highest BCUT2D eigenvalue weighted by atomic mass is 35.5. The van der Waals surface area contributed by atoms with Gasteiger partial charge in [-0.1, -0.05) is 24.9 Å². The highest BCUT2D eigenvalue weighted by Gasteiger charge is 2.07. The maximum Gasteiger partial charge on any atom is 0.311 e. The van der Waals surface area contributed by atoms with Gasteiger partial charge in [0.05, 0.1) is 6.61 Å². The van der Waals surface area contributed by atoms with Crippen LogP contribution in [0.5, 0.6) is 5.75 Å². The fourth-order valence-corrected chi connectivity index (χ4v) is 1.98. The first kappa shape index (κ1) is 18.5. The third kappa shape index (κ3) is 7.46. The van der Waals surface area contributed by atoms with Crippen LogP contribution in [0.2, 0.25) is 5.02 Å². The van der Waals surface area contributed by atoms with Crippen LogP contribution >= 0.6 is 11.6 Å². The number of rotatable bonds is 9. The Kier molecular flexibility index (Phi) is 8.60. The third-order valence-electron chi connectivity index (χ3n) is 3.09. The number of esters is 2. The maximum absolute atomic E-state index is 11.7. The van der Waals surface area contributed by atoms with Crippen molar-refractivity contribution in [1.29, 1.82) is 0 Å². The number of aryl methyl sites for hydroxylation is 1. The number of halogens is 1. The van der Waals surface area contributed by atoms with Crippen molar-refractivity contribution in [2.75, 3.05) is 6.61 Å². The molecule has 1 aromatic rings. The molecule has 1 rings (SSSR count). The van der Waals surface area contributed by atoms with Crippen molar-refractivity contribution < 1.29 is 19.1 Å². The first-order chi connectivity index (χ1) is 10.5. The second kappa shape index (κ2) is 10.2. The van der Waals surface area contributed by atoms with Crippen LogP contribution in [0, 0.1) is 6.92 Å². The van der Waals surface area contributed by atoms with E-state index in [4.69, 9.17) is 21.1 Å². The van der Waals surface area contributed by atoms with Crippen LogP contribution in [0.15, 0.2) is 18.2 Å². The summed E-state index contributed by atoms with van der Waals surface area (Å²) in [5, 5.41) is 0.648. The normalized spacial score (nSPS) is 10.3. The molecule has 22 heavy (non-hydrogen) atoms. The Hall–Kier alpha value is -1.55. The second-order valence-electron chi connectivity index (χ2n) is 5.17. The molecule has 0 aliphatic carbocycles. The minimum atomic E-state index is -0.268. The quantitative estimate of drug-likeness (QED) is 0.382. The van der Waals surface area contributed by atoms with Gasteiger partial charge in [-0.3, -0.25) is 9.59 Å². The third-order valence-corrected chi connectivity index (χ3v) is 3.51. The molecule has 0 N–H and O–H groups in total. The van der Waals surface area contributed by atoms with Gasteiger partial charge in [0.15, 0.2) is 0 Å². The largest absolute Gasteiger partial charge is 0.466 e. The van der Waals surface area contributed by atoms with Gasteiger partial charge in [0.1, 0.15) is 5.75 Å². The predicted molar refractivity (Wildman–Crippen MR) is 86.2 cm³/mol. The van der Waals surface area contributed by atoms with Crippen molar-refractivity contribution in [2.24, 2.45) is 0 Å². The second-order valence-corrected chi connectivity index (χ2v) is 5.57. The van der Waals surface area contributed by atoms with Gasteiger partial charge < -0.3 is 9.47 Å². The monoisotopic (exact) mass is 326 g/mol. The van der Waals surface area contributed by atoms with E-state index < -0.39 is 0 Å². The average molecular weight is 327 g/mol. The molecule has 0 atom stereocenters. The summed E-state index contributed by atoms with van der Waals surface area (Å²) in [4.78, 5) is 23.0. The Labute approximate surface area is 136 Å². The first-order valence-corrected chi connectivity index (χ1v) is 8.03. The van der Waals surface area contributed by atoms with E-state index in [0.29, 0.717) is 36.6 Å². The molecule has 5 heteroatoms. The maximum atomic E-state index is 11.7. The predicted octanol–water partition coefficient (Wildman–Crippen LogP) is 4.46. The fraction of sp³-hybridized carbons (Fsp3) is 0.529. The van der Waals surface area contributed by atoms with Crippen molar-refractivity contribution in [3.63, 3.8) is 0 Å². The lowest BCUT2D eigenvalue weighted by Gasteiger charge is -2.06. The summed E-state index contributed by atoms with van der Waals surface area (Å²) in [6.45, 7) is 4.30. The van der Waals surface area contributed by atoms with E-state index in [1.165, 1.54) is 0 Å². The molecule has 122 valence electrons. The SMILES string of the molecule is CCCOC(=O)CCCCCC(=O)Oc1ccc(Cl)c(C)c1. The summed E-state index contributed by atoms with van der Waals surface area (Å²) in [5.74, 6) is 0.0754. The van der Waals surface area contributed by atoms with Crippen LogP contribution in [0.3, 0.4) is 0 Å². The standard InChI is InChI=1S/C17H23ClO4/c1-3-11-21-16(19)7-5-4-6-8-17(20)22-14-9-10-15(18)13(2)12-14/h9-10,12H,3-8,11H2,1-2H3. The molecule has 0 heterocycles. The van der Waals surface area contributed by atoms with Gasteiger partial charge >= 0.3 is 11.9 Å². The molecule has 0 bridgehead atoms. The van der Waals surface area contributed by atoms with Crippen LogP contribution in [-0.2, 0) is 14.3 Å². The lowest BCUT2D eigenvalue weighted by Crippen LogP contribution is -2.08. The summed E-state index contributed by atoms with van der Waals surface area (Å²) in [5.41, 5.74) is 0.873. The summed E-state index contributed by atoms with van der Waals surface area (Å²) >= 11 is 5.91. The first-order valence-electron chi connectivity index (χ1n) is 7.65. The van der Waals surface area contributed by atoms with E-state index in [-0.39, 0.29) is 11.9 Å². The zero-order chi connectivity index (χ0) is 16.4. The topological polar surface area (TPSA) is 52.6 Å². The van der Waals surface area contributed by atoms with Crippen LogP contribution < -0.4 is 4.74 Å². The Morgan fingerprint density at radius 3 is 2.41 bits per heavy atom. The number of carbonyl (C=O) groups excluding carboxylic acids is 2. The summed E-state index contributed by atoms with van der Waals surface area (Å²) in [6, 6.07) is 5.13. The molecule has 0 saturated carbocycles. The lowest BCUT2D eigenvalue weighted by molar-refractivity contribution is -0.143. The van der Waals surface area contributed by atoms with Crippen LogP contribution in [0.1, 0.15) is 51.0 Å². The average Bonchev–Trinajstić information content (AvgIpc) is 2.48. The number of unbranched alkanes of at least 4 members (excludes halogenated alkanes) is 2. The molecule has 0 aliphatic heterocycles. The molecule has 1 aromatic carbocycles. The van der Waals surface area contributed by atoms with Crippen molar-refractivity contribution in [2.45, 2.75) is 52.4 Å². The van der Waals surface area contributed by atoms with Gasteiger partial charge in [0.2, 0.25) is 0 Å². The van der Waals surface area contributed by atoms with Crippen LogP contribution in [0.4, 0.5) is 0 Å². The van der Waals surface area contributed by atoms with Crippen molar-refractivity contribution >= 4 is 23.5 Å². The van der Waals surface area contributed by atoms with E-state index in [1.807, 2.05) is 13.8 Å². The van der Waals surface area contributed by atoms with E-state index in [1.54, 1.807) is 18.2 Å². The summed E-state index contributed by atoms with van der Waals surface area (Å²) < 4.78 is 10.2. The summed E-state index contributed by atoms with van der Waals surface area (Å²) in [6.07, 6.45) is 3.82. The van der Waals surface area contributed by atoms with Crippen molar-refractivity contribution in [1.82, 2.24) is 0 Å². The smallest absolute Gasteiger partial charge is 0.311 e. The molecule has 0 unspecified atom stereocenters. The Morgan fingerprint density at radius 1 is 1.09 bits per heavy atom. The highest BCUT2D eigenvalue weighted by Crippen LogP contribution is 2.21. The van der Waals surface area contributed by atoms with Crippen LogP contribution in [-0.4, -0.2) is 18.5 Å². The highest BCUT2D eigenvalue weighted by molar-refractivity contribution is 6.31. The van der Waals surface area contributed by atoms with Gasteiger partial charge in [0, 0.05) is 17.9 Å². The van der Waals surface area contributed by atoms with E-state index in [2.05, 4.69) is 0 Å². The molecule has 0 spiro atoms. The lowest BCUT2D eigenvalue weighted by atomic mass is 10.1. The fourth-order valence-electron chi connectivity index (χ4n) is 1.87. The van der Waals surface area contributed by atoms with Gasteiger partial charge in [-0.15, -0.1) is 0 Å². The van der Waals surface area contributed by atoms with Crippen LogP contribution in [0.25, 0.3) is 0 Å². The summed E-state index contributed by atoms with van der Waals surface area (Å²) in [7, 11) is 0. The Balaban J connectivity index is 2.15. The molecule has 4 nitrogen and oxygen atoms in total. The Bertz CT molecular complexity index is 499. The van der Waals surface area contributed by atoms with E-state index in [0.717, 1.165) is 24.8 Å². The number of hydrogen-bond acceptors (Lipinski definition) is 4. The molecule has 0 radical (unpaired) electrons. The zero-order valence-corrected chi connectivity index (χ0v) is 13.9.